The van der Waals surface area contributed by atoms with Crippen molar-refractivity contribution in [3.8, 4) is 6.07 Å². The molecule has 0 radical (unpaired) electrons. The molecule has 0 saturated heterocycles. The van der Waals surface area contributed by atoms with Crippen molar-refractivity contribution < 1.29 is 19.1 Å². The lowest BCUT2D eigenvalue weighted by molar-refractivity contribution is -0.155. The fraction of sp³-hybridized carbons (Fsp3) is 0.571. The molecule has 0 spiro atoms. The number of nitrogens with zero attached hydrogens (tertiary/aromatic N) is 1. The van der Waals surface area contributed by atoms with Crippen molar-refractivity contribution in [2.45, 2.75) is 71.8 Å². The van der Waals surface area contributed by atoms with Crippen LogP contribution in [0, 0.1) is 11.3 Å². The van der Waals surface area contributed by atoms with E-state index in [1.54, 1.807) is 53.7 Å². The second-order valence-corrected chi connectivity index (χ2v) is 8.58. The summed E-state index contributed by atoms with van der Waals surface area (Å²) in [6, 6.07) is 8.84. The van der Waals surface area contributed by atoms with Crippen LogP contribution in [-0.2, 0) is 20.8 Å². The fourth-order valence-electron chi connectivity index (χ4n) is 2.37. The molecule has 1 amide bonds. The van der Waals surface area contributed by atoms with Gasteiger partial charge in [0, 0.05) is 13.1 Å². The maximum atomic E-state index is 12.2. The first-order valence-electron chi connectivity index (χ1n) is 9.29. The van der Waals surface area contributed by atoms with Gasteiger partial charge in [0.1, 0.15) is 11.2 Å². The highest BCUT2D eigenvalue weighted by Crippen LogP contribution is 2.11. The van der Waals surface area contributed by atoms with Crippen LogP contribution in [-0.4, -0.2) is 35.9 Å². The first kappa shape index (κ1) is 23.4. The number of carbonyl (C=O) groups excluding carboxylic acids is 2. The summed E-state index contributed by atoms with van der Waals surface area (Å²) in [4.78, 5) is 24.3. The first-order chi connectivity index (χ1) is 12.9. The molecule has 154 valence electrons. The van der Waals surface area contributed by atoms with Gasteiger partial charge in [-0.3, -0.25) is 4.79 Å². The lowest BCUT2D eigenvalue weighted by Crippen LogP contribution is -2.45. The molecule has 0 saturated carbocycles. The van der Waals surface area contributed by atoms with E-state index in [2.05, 4.69) is 16.7 Å². The van der Waals surface area contributed by atoms with Crippen LogP contribution in [0.25, 0.3) is 0 Å². The molecule has 0 aliphatic carbocycles. The number of ether oxygens (including phenoxy) is 2. The van der Waals surface area contributed by atoms with Crippen molar-refractivity contribution in [3.05, 3.63) is 35.4 Å². The Morgan fingerprint density at radius 3 is 2.32 bits per heavy atom. The predicted molar refractivity (Wildman–Crippen MR) is 106 cm³/mol. The van der Waals surface area contributed by atoms with Crippen LogP contribution in [0.2, 0.25) is 0 Å². The zero-order valence-electron chi connectivity index (χ0n) is 17.6. The number of amides is 1. The molecule has 0 aromatic heterocycles. The Kier molecular flexibility index (Phi) is 8.45. The Morgan fingerprint density at radius 2 is 1.75 bits per heavy atom. The van der Waals surface area contributed by atoms with Gasteiger partial charge in [0.05, 0.1) is 24.1 Å². The zero-order valence-corrected chi connectivity index (χ0v) is 17.6. The van der Waals surface area contributed by atoms with E-state index >= 15 is 0 Å². The van der Waals surface area contributed by atoms with E-state index in [1.165, 1.54) is 0 Å². The van der Waals surface area contributed by atoms with Gasteiger partial charge in [-0.1, -0.05) is 12.1 Å². The number of hydrogen-bond acceptors (Lipinski definition) is 6. The van der Waals surface area contributed by atoms with E-state index in [0.29, 0.717) is 18.7 Å². The van der Waals surface area contributed by atoms with Crippen LogP contribution in [0.5, 0.6) is 0 Å². The minimum absolute atomic E-state index is 0.0156. The van der Waals surface area contributed by atoms with E-state index in [0.717, 1.165) is 5.56 Å². The minimum atomic E-state index is -0.633. The van der Waals surface area contributed by atoms with Gasteiger partial charge in [-0.2, -0.15) is 5.26 Å². The van der Waals surface area contributed by atoms with Crippen molar-refractivity contribution in [1.29, 1.82) is 5.26 Å². The third-order valence-corrected chi connectivity index (χ3v) is 3.33. The lowest BCUT2D eigenvalue weighted by atomic mass is 10.1. The van der Waals surface area contributed by atoms with E-state index in [4.69, 9.17) is 14.7 Å². The second kappa shape index (κ2) is 10.1. The highest BCUT2D eigenvalue weighted by atomic mass is 16.6. The summed E-state index contributed by atoms with van der Waals surface area (Å²) >= 11 is 0. The van der Waals surface area contributed by atoms with Crippen LogP contribution < -0.4 is 10.6 Å². The molecule has 0 bridgehead atoms. The molecule has 0 heterocycles. The Balaban J connectivity index is 2.69. The van der Waals surface area contributed by atoms with Crippen LogP contribution in [0.4, 0.5) is 4.79 Å². The molecular weight excluding hydrogens is 358 g/mol. The Hall–Kier alpha value is -2.59. The molecule has 0 aliphatic rings. The van der Waals surface area contributed by atoms with Crippen molar-refractivity contribution >= 4 is 12.1 Å². The van der Waals surface area contributed by atoms with Gasteiger partial charge in [-0.15, -0.1) is 0 Å². The van der Waals surface area contributed by atoms with Crippen molar-refractivity contribution in [2.24, 2.45) is 0 Å². The summed E-state index contributed by atoms with van der Waals surface area (Å²) in [6.07, 6.45) is -0.573. The number of esters is 1. The predicted octanol–water partition coefficient (Wildman–Crippen LogP) is 3.27. The van der Waals surface area contributed by atoms with Crippen molar-refractivity contribution in [1.82, 2.24) is 10.6 Å². The number of alkyl carbamates (subject to hydrolysis) is 1. The van der Waals surface area contributed by atoms with Gasteiger partial charge in [0.25, 0.3) is 0 Å². The third kappa shape index (κ3) is 10.5. The summed E-state index contributed by atoms with van der Waals surface area (Å²) in [6.45, 7) is 11.5. The molecule has 7 heteroatoms. The standard InChI is InChI=1S/C21H31N3O4/c1-20(2,3)27-18(25)11-17(24-19(26)28-21(4,5)6)14-23-13-16-9-7-8-15(10-16)12-22/h7-10,17,23H,11,13-14H2,1-6H3,(H,24,26)/t17-/m0/s1. The Labute approximate surface area is 167 Å². The Bertz CT molecular complexity index is 682. The highest BCUT2D eigenvalue weighted by Gasteiger charge is 2.24. The largest absolute Gasteiger partial charge is 0.460 e. The fourth-order valence-corrected chi connectivity index (χ4v) is 2.37. The average molecular weight is 389 g/mol. The van der Waals surface area contributed by atoms with Crippen LogP contribution in [0.3, 0.4) is 0 Å². The van der Waals surface area contributed by atoms with Gasteiger partial charge in [0.2, 0.25) is 0 Å². The topological polar surface area (TPSA) is 100 Å². The summed E-state index contributed by atoms with van der Waals surface area (Å²) in [5, 5.41) is 14.9. The number of rotatable bonds is 7. The number of hydrogen-bond donors (Lipinski definition) is 2. The third-order valence-electron chi connectivity index (χ3n) is 3.33. The zero-order chi connectivity index (χ0) is 21.4. The molecule has 0 unspecified atom stereocenters. The SMILES string of the molecule is CC(C)(C)OC(=O)C[C@@H](CNCc1cccc(C#N)c1)NC(=O)OC(C)(C)C. The molecule has 7 nitrogen and oxygen atoms in total. The van der Waals surface area contributed by atoms with Crippen LogP contribution in [0.15, 0.2) is 24.3 Å². The summed E-state index contributed by atoms with van der Waals surface area (Å²) in [5.41, 5.74) is 0.286. The van der Waals surface area contributed by atoms with Gasteiger partial charge < -0.3 is 20.1 Å². The quantitative estimate of drug-likeness (QED) is 0.694. The van der Waals surface area contributed by atoms with Gasteiger partial charge in [-0.25, -0.2) is 4.79 Å². The summed E-state index contributed by atoms with van der Waals surface area (Å²) in [7, 11) is 0. The maximum Gasteiger partial charge on any atom is 0.407 e. The molecule has 28 heavy (non-hydrogen) atoms. The average Bonchev–Trinajstić information content (AvgIpc) is 2.51. The monoisotopic (exact) mass is 389 g/mol. The minimum Gasteiger partial charge on any atom is -0.460 e. The lowest BCUT2D eigenvalue weighted by Gasteiger charge is -2.25. The van der Waals surface area contributed by atoms with Gasteiger partial charge >= 0.3 is 12.1 Å². The molecule has 1 atom stereocenters. The maximum absolute atomic E-state index is 12.2. The van der Waals surface area contributed by atoms with E-state index in [-0.39, 0.29) is 6.42 Å². The molecule has 0 fully saturated rings. The molecule has 1 rings (SSSR count). The second-order valence-electron chi connectivity index (χ2n) is 8.58. The summed E-state index contributed by atoms with van der Waals surface area (Å²) in [5.74, 6) is -0.401. The first-order valence-corrected chi connectivity index (χ1v) is 9.29. The molecule has 0 aliphatic heterocycles. The van der Waals surface area contributed by atoms with E-state index < -0.39 is 29.3 Å². The summed E-state index contributed by atoms with van der Waals surface area (Å²) < 4.78 is 10.6. The Morgan fingerprint density at radius 1 is 1.11 bits per heavy atom. The van der Waals surface area contributed by atoms with Gasteiger partial charge in [0.15, 0.2) is 0 Å². The number of benzene rings is 1. The molecule has 1 aromatic rings. The number of nitriles is 1. The van der Waals surface area contributed by atoms with Crippen molar-refractivity contribution in [2.75, 3.05) is 6.54 Å². The number of nitrogens with one attached hydrogen (secondary N) is 2. The smallest absolute Gasteiger partial charge is 0.407 e. The van der Waals surface area contributed by atoms with Gasteiger partial charge in [-0.05, 0) is 59.2 Å². The highest BCUT2D eigenvalue weighted by molar-refractivity contribution is 5.73. The molecular formula is C21H31N3O4. The normalized spacial score (nSPS) is 12.6. The van der Waals surface area contributed by atoms with Crippen LogP contribution in [0.1, 0.15) is 59.1 Å². The van der Waals surface area contributed by atoms with Crippen LogP contribution >= 0.6 is 0 Å². The van der Waals surface area contributed by atoms with E-state index in [9.17, 15) is 9.59 Å². The molecule has 2 N–H and O–H groups in total. The van der Waals surface area contributed by atoms with Crippen molar-refractivity contribution in [3.63, 3.8) is 0 Å². The van der Waals surface area contributed by atoms with E-state index in [1.807, 2.05) is 12.1 Å². The number of carbonyl (C=O) groups is 2. The molecule has 1 aromatic carbocycles.